The van der Waals surface area contributed by atoms with Crippen molar-refractivity contribution in [3.05, 3.63) is 48.2 Å². The van der Waals surface area contributed by atoms with Gasteiger partial charge in [-0.25, -0.2) is 19.3 Å². The molecule has 0 saturated carbocycles. The molecule has 3 heterocycles. The number of benzene rings is 1. The van der Waals surface area contributed by atoms with Crippen LogP contribution in [-0.4, -0.2) is 63.1 Å². The van der Waals surface area contributed by atoms with Gasteiger partial charge in [0.05, 0.1) is 36.9 Å². The minimum atomic E-state index is -0.709. The van der Waals surface area contributed by atoms with Crippen LogP contribution in [0.2, 0.25) is 0 Å². The first-order chi connectivity index (χ1) is 15.2. The van der Waals surface area contributed by atoms with Gasteiger partial charge in [0.2, 0.25) is 12.2 Å². The molecular formula is C21H24FN5O4. The lowest BCUT2D eigenvalue weighted by molar-refractivity contribution is -0.213. The standard InChI is InChI=1S/C21H24FN5O4/c22-15-4-2-14(3-5-15)17-18(16-6-8-24-21(25-16)23-7-1-9-28)27-19(26-17)20-30-11-13(10-29)12-31-20/h2-6,8,13,20,28-29H,1,7,9-12H2,(H,26,27)(H,23,24,25). The molecule has 1 aromatic carbocycles. The number of halogens is 1. The predicted octanol–water partition coefficient (Wildman–Crippen LogP) is 2.12. The lowest BCUT2D eigenvalue weighted by atomic mass is 10.1. The fourth-order valence-corrected chi connectivity index (χ4v) is 3.17. The first kappa shape index (κ1) is 21.3. The van der Waals surface area contributed by atoms with Gasteiger partial charge in [0.1, 0.15) is 5.82 Å². The number of hydrogen-bond donors (Lipinski definition) is 4. The van der Waals surface area contributed by atoms with Gasteiger partial charge in [-0.15, -0.1) is 0 Å². The molecule has 2 aromatic heterocycles. The van der Waals surface area contributed by atoms with Crippen molar-refractivity contribution < 1.29 is 24.1 Å². The van der Waals surface area contributed by atoms with E-state index in [2.05, 4.69) is 25.3 Å². The molecule has 3 aromatic rings. The predicted molar refractivity (Wildman–Crippen MR) is 110 cm³/mol. The zero-order valence-electron chi connectivity index (χ0n) is 16.8. The number of aromatic nitrogens is 4. The molecule has 4 rings (SSSR count). The van der Waals surface area contributed by atoms with Crippen molar-refractivity contribution >= 4 is 5.95 Å². The molecule has 0 amide bonds. The molecule has 31 heavy (non-hydrogen) atoms. The molecule has 1 aliphatic rings. The number of rotatable bonds is 8. The largest absolute Gasteiger partial charge is 0.396 e. The monoisotopic (exact) mass is 429 g/mol. The Labute approximate surface area is 178 Å². The molecule has 9 nitrogen and oxygen atoms in total. The van der Waals surface area contributed by atoms with Crippen LogP contribution < -0.4 is 5.32 Å². The van der Waals surface area contributed by atoms with Crippen LogP contribution in [0.15, 0.2) is 36.5 Å². The summed E-state index contributed by atoms with van der Waals surface area (Å²) < 4.78 is 24.9. The van der Waals surface area contributed by atoms with E-state index in [0.29, 0.717) is 60.6 Å². The van der Waals surface area contributed by atoms with Crippen LogP contribution in [0.5, 0.6) is 0 Å². The van der Waals surface area contributed by atoms with Crippen molar-refractivity contribution in [3.8, 4) is 22.6 Å². The maximum atomic E-state index is 13.5. The van der Waals surface area contributed by atoms with Gasteiger partial charge in [0, 0.05) is 30.8 Å². The molecule has 1 aliphatic heterocycles. The van der Waals surface area contributed by atoms with E-state index in [1.807, 2.05) is 0 Å². The van der Waals surface area contributed by atoms with E-state index in [0.717, 1.165) is 0 Å². The highest BCUT2D eigenvalue weighted by Crippen LogP contribution is 2.33. The Morgan fingerprint density at radius 1 is 1.10 bits per heavy atom. The summed E-state index contributed by atoms with van der Waals surface area (Å²) in [5, 5.41) is 21.3. The molecule has 0 spiro atoms. The van der Waals surface area contributed by atoms with Crippen LogP contribution in [0.25, 0.3) is 22.6 Å². The first-order valence-electron chi connectivity index (χ1n) is 10.1. The summed E-state index contributed by atoms with van der Waals surface area (Å²) >= 11 is 0. The molecule has 4 N–H and O–H groups in total. The average Bonchev–Trinajstić information content (AvgIpc) is 3.25. The highest BCUT2D eigenvalue weighted by molar-refractivity contribution is 5.77. The van der Waals surface area contributed by atoms with Crippen LogP contribution in [0.4, 0.5) is 10.3 Å². The molecule has 1 saturated heterocycles. The summed E-state index contributed by atoms with van der Waals surface area (Å²) in [6.45, 7) is 1.31. The van der Waals surface area contributed by atoms with E-state index in [1.165, 1.54) is 12.1 Å². The van der Waals surface area contributed by atoms with Crippen molar-refractivity contribution in [1.29, 1.82) is 0 Å². The third-order valence-electron chi connectivity index (χ3n) is 4.82. The lowest BCUT2D eigenvalue weighted by Crippen LogP contribution is -2.29. The lowest BCUT2D eigenvalue weighted by Gasteiger charge is -2.26. The van der Waals surface area contributed by atoms with Crippen LogP contribution in [0.1, 0.15) is 18.5 Å². The van der Waals surface area contributed by atoms with Gasteiger partial charge in [-0.2, -0.15) is 0 Å². The zero-order chi connectivity index (χ0) is 21.6. The van der Waals surface area contributed by atoms with E-state index in [-0.39, 0.29) is 24.9 Å². The van der Waals surface area contributed by atoms with Crippen molar-refractivity contribution in [2.45, 2.75) is 12.7 Å². The van der Waals surface area contributed by atoms with Gasteiger partial charge in [-0.05, 0) is 36.8 Å². The number of nitrogens with one attached hydrogen (secondary N) is 2. The molecule has 0 aliphatic carbocycles. The van der Waals surface area contributed by atoms with E-state index < -0.39 is 6.29 Å². The topological polar surface area (TPSA) is 125 Å². The number of H-pyrrole nitrogens is 1. The number of hydrogen-bond acceptors (Lipinski definition) is 8. The summed E-state index contributed by atoms with van der Waals surface area (Å²) in [4.78, 5) is 16.6. The summed E-state index contributed by atoms with van der Waals surface area (Å²) in [6.07, 6.45) is 1.49. The second kappa shape index (κ2) is 9.92. The van der Waals surface area contributed by atoms with Gasteiger partial charge in [-0.3, -0.25) is 0 Å². The van der Waals surface area contributed by atoms with Gasteiger partial charge < -0.3 is 30.0 Å². The van der Waals surface area contributed by atoms with Crippen molar-refractivity contribution in [1.82, 2.24) is 19.9 Å². The van der Waals surface area contributed by atoms with Gasteiger partial charge >= 0.3 is 0 Å². The Balaban J connectivity index is 1.68. The highest BCUT2D eigenvalue weighted by atomic mass is 19.1. The number of ether oxygens (including phenoxy) is 2. The number of aromatic amines is 1. The summed E-state index contributed by atoms with van der Waals surface area (Å²) in [5.74, 6) is 0.464. The Kier molecular flexibility index (Phi) is 6.82. The van der Waals surface area contributed by atoms with E-state index in [1.54, 1.807) is 24.4 Å². The average molecular weight is 429 g/mol. The normalized spacial score (nSPS) is 18.8. The SMILES string of the molecule is OCCCNc1nccc(-c2[nH]c(C3OCC(CO)CO3)nc2-c2ccc(F)cc2)n1. The van der Waals surface area contributed by atoms with E-state index in [9.17, 15) is 9.50 Å². The van der Waals surface area contributed by atoms with Gasteiger partial charge in [-0.1, -0.05) is 0 Å². The third kappa shape index (κ3) is 5.05. The minimum absolute atomic E-state index is 0.00997. The number of nitrogens with zero attached hydrogens (tertiary/aromatic N) is 3. The van der Waals surface area contributed by atoms with Gasteiger partial charge in [0.25, 0.3) is 0 Å². The molecule has 0 bridgehead atoms. The summed E-state index contributed by atoms with van der Waals surface area (Å²) in [7, 11) is 0. The fraction of sp³-hybridized carbons (Fsp3) is 0.381. The van der Waals surface area contributed by atoms with Crippen LogP contribution in [0.3, 0.4) is 0 Å². The number of aliphatic hydroxyl groups excluding tert-OH is 2. The van der Waals surface area contributed by atoms with Crippen molar-refractivity contribution in [3.63, 3.8) is 0 Å². The Hall–Kier alpha value is -2.92. The molecule has 0 radical (unpaired) electrons. The maximum absolute atomic E-state index is 13.5. The number of anilines is 1. The second-order valence-electron chi connectivity index (χ2n) is 7.17. The van der Waals surface area contributed by atoms with Crippen LogP contribution >= 0.6 is 0 Å². The zero-order valence-corrected chi connectivity index (χ0v) is 16.8. The summed E-state index contributed by atoms with van der Waals surface area (Å²) in [5.41, 5.74) is 2.48. The number of aliphatic hydroxyl groups is 2. The summed E-state index contributed by atoms with van der Waals surface area (Å²) in [6, 6.07) is 7.77. The highest BCUT2D eigenvalue weighted by Gasteiger charge is 2.27. The minimum Gasteiger partial charge on any atom is -0.396 e. The quantitative estimate of drug-likeness (QED) is 0.401. The first-order valence-corrected chi connectivity index (χ1v) is 10.1. The van der Waals surface area contributed by atoms with Crippen molar-refractivity contribution in [2.75, 3.05) is 38.3 Å². The third-order valence-corrected chi connectivity index (χ3v) is 4.82. The van der Waals surface area contributed by atoms with E-state index >= 15 is 0 Å². The Morgan fingerprint density at radius 3 is 2.58 bits per heavy atom. The van der Waals surface area contributed by atoms with Crippen LogP contribution in [-0.2, 0) is 9.47 Å². The molecule has 164 valence electrons. The maximum Gasteiger partial charge on any atom is 0.223 e. The van der Waals surface area contributed by atoms with E-state index in [4.69, 9.17) is 14.6 Å². The van der Waals surface area contributed by atoms with Crippen molar-refractivity contribution in [2.24, 2.45) is 5.92 Å². The number of imidazole rings is 1. The molecule has 0 unspecified atom stereocenters. The van der Waals surface area contributed by atoms with Gasteiger partial charge in [0.15, 0.2) is 5.82 Å². The molecule has 1 fully saturated rings. The van der Waals surface area contributed by atoms with Crippen LogP contribution in [0, 0.1) is 11.7 Å². The molecular weight excluding hydrogens is 405 g/mol. The fourth-order valence-electron chi connectivity index (χ4n) is 3.17. The Morgan fingerprint density at radius 2 is 1.87 bits per heavy atom. The molecule has 10 heteroatoms. The molecule has 0 atom stereocenters. The Bertz CT molecular complexity index is 990. The smallest absolute Gasteiger partial charge is 0.223 e. The second-order valence-corrected chi connectivity index (χ2v) is 7.17.